The van der Waals surface area contributed by atoms with Crippen LogP contribution in [0.2, 0.25) is 0 Å². The van der Waals surface area contributed by atoms with Gasteiger partial charge in [-0.05, 0) is 106 Å². The Labute approximate surface area is 213 Å². The first-order valence-corrected chi connectivity index (χ1v) is 14.5. The molecule has 0 bridgehead atoms. The second-order valence-electron chi connectivity index (χ2n) is 14.4. The van der Waals surface area contributed by atoms with E-state index in [4.69, 9.17) is 0 Å². The third-order valence-electron chi connectivity index (χ3n) is 12.3. The molecule has 35 heavy (non-hydrogen) atoms. The number of carbonyl (C=O) groups is 2. The maximum absolute atomic E-state index is 14.5. The smallest absolute Gasteiger partial charge is 0.158 e. The third kappa shape index (κ3) is 3.59. The summed E-state index contributed by atoms with van der Waals surface area (Å²) in [5.74, 6) is 2.22. The molecule has 3 saturated carbocycles. The predicted octanol–water partition coefficient (Wildman–Crippen LogP) is 5.68. The minimum absolute atomic E-state index is 0.0143. The number of likely N-dealkylation sites (tertiary alicyclic amines) is 1. The van der Waals surface area contributed by atoms with Crippen LogP contribution in [0.3, 0.4) is 0 Å². The Morgan fingerprint density at radius 2 is 1.77 bits per heavy atom. The normalized spacial score (nSPS) is 50.5. The average Bonchev–Trinajstić information content (AvgIpc) is 3.25. The van der Waals surface area contributed by atoms with Crippen LogP contribution < -0.4 is 0 Å². The van der Waals surface area contributed by atoms with Crippen molar-refractivity contribution in [3.8, 4) is 0 Å². The zero-order valence-electron chi connectivity index (χ0n) is 23.3. The lowest BCUT2D eigenvalue weighted by molar-refractivity contribution is -0.207. The number of allylic oxidation sites excluding steroid dienone is 1. The van der Waals surface area contributed by atoms with E-state index in [0.29, 0.717) is 29.1 Å². The number of hydrogen-bond donors (Lipinski definition) is 1. The molecule has 5 aliphatic rings. The number of nitrogens with zero attached hydrogens (tertiary/aromatic N) is 1. The summed E-state index contributed by atoms with van der Waals surface area (Å²) in [6.07, 6.45) is 7.23. The molecule has 1 N–H and O–H groups in total. The van der Waals surface area contributed by atoms with Crippen LogP contribution >= 0.6 is 0 Å². The topological polar surface area (TPSA) is 57.6 Å². The molecule has 4 fully saturated rings. The predicted molar refractivity (Wildman–Crippen MR) is 140 cm³/mol. The second-order valence-corrected chi connectivity index (χ2v) is 14.4. The van der Waals surface area contributed by atoms with Crippen molar-refractivity contribution in [1.82, 2.24) is 4.90 Å². The molecule has 196 valence electrons. The summed E-state index contributed by atoms with van der Waals surface area (Å²) < 4.78 is 0. The Balaban J connectivity index is 1.53. The van der Waals surface area contributed by atoms with E-state index in [2.05, 4.69) is 39.5 Å². The van der Waals surface area contributed by atoms with E-state index >= 15 is 0 Å². The van der Waals surface area contributed by atoms with Gasteiger partial charge in [0.05, 0.1) is 6.10 Å². The molecule has 4 aliphatic carbocycles. The van der Waals surface area contributed by atoms with Crippen LogP contribution in [-0.2, 0) is 9.59 Å². The molecule has 0 aromatic heterocycles. The van der Waals surface area contributed by atoms with E-state index < -0.39 is 11.5 Å². The fourth-order valence-corrected chi connectivity index (χ4v) is 10.7. The summed E-state index contributed by atoms with van der Waals surface area (Å²) in [4.78, 5) is 29.8. The summed E-state index contributed by atoms with van der Waals surface area (Å²) in [7, 11) is 0. The van der Waals surface area contributed by atoms with E-state index in [1.54, 1.807) is 6.92 Å². The first-order valence-electron chi connectivity index (χ1n) is 14.5. The number of rotatable bonds is 3. The minimum atomic E-state index is -0.796. The number of aliphatic hydroxyl groups excluding tert-OH is 1. The average molecular weight is 484 g/mol. The highest BCUT2D eigenvalue weighted by molar-refractivity contribution is 5.95. The molecule has 4 heteroatoms. The van der Waals surface area contributed by atoms with Crippen molar-refractivity contribution in [2.24, 2.45) is 51.8 Å². The largest absolute Gasteiger partial charge is 0.388 e. The molecule has 1 heterocycles. The zero-order valence-corrected chi connectivity index (χ0v) is 23.3. The molecular formula is C31H49NO3. The summed E-state index contributed by atoms with van der Waals surface area (Å²) in [5, 5.41) is 11.8. The van der Waals surface area contributed by atoms with Crippen molar-refractivity contribution in [1.29, 1.82) is 0 Å². The van der Waals surface area contributed by atoms with Crippen LogP contribution in [0, 0.1) is 51.8 Å². The van der Waals surface area contributed by atoms with E-state index in [-0.39, 0.29) is 34.4 Å². The number of hydrogen-bond acceptors (Lipinski definition) is 4. The highest BCUT2D eigenvalue weighted by atomic mass is 16.3. The van der Waals surface area contributed by atoms with Gasteiger partial charge in [0.2, 0.25) is 0 Å². The molecule has 0 spiro atoms. The molecule has 0 radical (unpaired) electrons. The lowest BCUT2D eigenvalue weighted by atomic mass is 9.35. The number of Topliss-reactive ketones (excluding diaryl/α,β-unsaturated/α-hetero) is 2. The number of ketones is 2. The molecule has 0 amide bonds. The molecule has 5 rings (SSSR count). The highest BCUT2D eigenvalue weighted by Gasteiger charge is 2.69. The fraction of sp³-hybridized carbons (Fsp3) is 0.871. The highest BCUT2D eigenvalue weighted by Crippen LogP contribution is 2.71. The van der Waals surface area contributed by atoms with Gasteiger partial charge in [0.1, 0.15) is 5.78 Å². The minimum Gasteiger partial charge on any atom is -0.388 e. The van der Waals surface area contributed by atoms with Crippen LogP contribution in [-0.4, -0.2) is 47.3 Å². The van der Waals surface area contributed by atoms with Gasteiger partial charge in [0.15, 0.2) is 5.78 Å². The van der Waals surface area contributed by atoms with Crippen molar-refractivity contribution in [3.63, 3.8) is 0 Å². The SMILES string of the molecule is CC(=O)C1=C(C)C[C@]2(C)C[C@]3(C)CC4C(CN5CCCC5)CCC(C)C4C(=O)C3C(C)[C@]2(C)C1O. The van der Waals surface area contributed by atoms with Gasteiger partial charge in [-0.25, -0.2) is 0 Å². The van der Waals surface area contributed by atoms with Crippen LogP contribution in [0.4, 0.5) is 0 Å². The van der Waals surface area contributed by atoms with E-state index in [0.717, 1.165) is 31.3 Å². The van der Waals surface area contributed by atoms with Crippen LogP contribution in [0.5, 0.6) is 0 Å². The molecule has 1 saturated heterocycles. The van der Waals surface area contributed by atoms with E-state index in [9.17, 15) is 14.7 Å². The van der Waals surface area contributed by atoms with Gasteiger partial charge in [0, 0.05) is 29.4 Å². The lowest BCUT2D eigenvalue weighted by Gasteiger charge is -2.68. The maximum Gasteiger partial charge on any atom is 0.158 e. The van der Waals surface area contributed by atoms with Crippen LogP contribution in [0.15, 0.2) is 11.1 Å². The molecule has 10 atom stereocenters. The Bertz CT molecular complexity index is 934. The van der Waals surface area contributed by atoms with Gasteiger partial charge in [-0.3, -0.25) is 9.59 Å². The van der Waals surface area contributed by atoms with Crippen molar-refractivity contribution in [3.05, 3.63) is 11.1 Å². The summed E-state index contributed by atoms with van der Waals surface area (Å²) in [6, 6.07) is 0. The summed E-state index contributed by atoms with van der Waals surface area (Å²) in [5.41, 5.74) is 1.01. The Morgan fingerprint density at radius 1 is 1.11 bits per heavy atom. The Hall–Kier alpha value is -1.00. The van der Waals surface area contributed by atoms with Crippen molar-refractivity contribution in [2.75, 3.05) is 19.6 Å². The maximum atomic E-state index is 14.5. The molecule has 4 nitrogen and oxygen atoms in total. The first kappa shape index (κ1) is 25.6. The Kier molecular flexibility index (Phi) is 6.24. The quantitative estimate of drug-likeness (QED) is 0.561. The van der Waals surface area contributed by atoms with Crippen LogP contribution in [0.25, 0.3) is 0 Å². The van der Waals surface area contributed by atoms with Crippen molar-refractivity contribution < 1.29 is 14.7 Å². The first-order chi connectivity index (χ1) is 16.3. The standard InChI is InChI=1S/C31H49NO3/c1-18-10-11-22(16-32-12-8-9-13-32)23-15-29(5)17-30(6)14-19(2)24(21(4)33)28(35)31(30,7)20(3)26(29)27(34)25(18)23/h18,20,22-23,25-26,28,35H,8-17H2,1-7H3/t18?,20?,22?,23?,25?,26?,28?,29-,30+,31+/m0/s1. The van der Waals surface area contributed by atoms with Gasteiger partial charge in [-0.1, -0.05) is 40.2 Å². The number of fused-ring (bicyclic) bond motifs is 3. The van der Waals surface area contributed by atoms with E-state index in [1.165, 1.54) is 38.9 Å². The molecule has 0 aromatic rings. The van der Waals surface area contributed by atoms with Crippen molar-refractivity contribution in [2.45, 2.75) is 99.5 Å². The third-order valence-corrected chi connectivity index (χ3v) is 12.3. The molecule has 7 unspecified atom stereocenters. The Morgan fingerprint density at radius 3 is 2.40 bits per heavy atom. The van der Waals surface area contributed by atoms with Crippen LogP contribution in [0.1, 0.15) is 93.4 Å². The molecular weight excluding hydrogens is 434 g/mol. The monoisotopic (exact) mass is 483 g/mol. The van der Waals surface area contributed by atoms with Gasteiger partial charge in [-0.2, -0.15) is 0 Å². The van der Waals surface area contributed by atoms with Gasteiger partial charge < -0.3 is 10.0 Å². The fourth-order valence-electron chi connectivity index (χ4n) is 10.7. The second kappa shape index (κ2) is 8.51. The van der Waals surface area contributed by atoms with Gasteiger partial charge in [0.25, 0.3) is 0 Å². The molecule has 1 aliphatic heterocycles. The number of aliphatic hydroxyl groups is 1. The lowest BCUT2D eigenvalue weighted by Crippen LogP contribution is -2.67. The zero-order chi connectivity index (χ0) is 25.5. The molecule has 0 aromatic carbocycles. The van der Waals surface area contributed by atoms with Crippen molar-refractivity contribution >= 4 is 11.6 Å². The van der Waals surface area contributed by atoms with Gasteiger partial charge in [-0.15, -0.1) is 0 Å². The van der Waals surface area contributed by atoms with E-state index in [1.807, 2.05) is 6.92 Å². The summed E-state index contributed by atoms with van der Waals surface area (Å²) >= 11 is 0. The summed E-state index contributed by atoms with van der Waals surface area (Å²) in [6.45, 7) is 18.8. The van der Waals surface area contributed by atoms with Gasteiger partial charge >= 0.3 is 0 Å². The number of carbonyl (C=O) groups excluding carboxylic acids is 2.